The normalized spacial score (nSPS) is 10.6. The zero-order chi connectivity index (χ0) is 14.8. The molecule has 3 aromatic rings. The van der Waals surface area contributed by atoms with Crippen molar-refractivity contribution in [2.45, 2.75) is 0 Å². The molecule has 3 rings (SSSR count). The summed E-state index contributed by atoms with van der Waals surface area (Å²) < 4.78 is 1.59. The number of hydrogen-bond acceptors (Lipinski definition) is 6. The fraction of sp³-hybridized carbons (Fsp3) is 0.143. The van der Waals surface area contributed by atoms with Gasteiger partial charge in [-0.1, -0.05) is 30.3 Å². The predicted molar refractivity (Wildman–Crippen MR) is 81.1 cm³/mol. The smallest absolute Gasteiger partial charge is 0.257 e. The second-order valence-corrected chi connectivity index (χ2v) is 4.73. The molecular formula is C14H15N7. The summed E-state index contributed by atoms with van der Waals surface area (Å²) in [5, 5.41) is 4.29. The van der Waals surface area contributed by atoms with Crippen molar-refractivity contribution in [1.82, 2.24) is 24.7 Å². The number of hydrogen-bond donors (Lipinski definition) is 1. The molecule has 2 aromatic heterocycles. The first-order chi connectivity index (χ1) is 10.1. The predicted octanol–water partition coefficient (Wildman–Crippen LogP) is 1.37. The fourth-order valence-electron chi connectivity index (χ4n) is 1.88. The molecule has 0 saturated heterocycles. The number of nitrogens with zero attached hydrogens (tertiary/aromatic N) is 6. The summed E-state index contributed by atoms with van der Waals surface area (Å²) in [6, 6.07) is 9.99. The molecule has 106 valence electrons. The molecule has 1 aromatic carbocycles. The summed E-state index contributed by atoms with van der Waals surface area (Å²) in [5.41, 5.74) is 7.79. The summed E-state index contributed by atoms with van der Waals surface area (Å²) in [4.78, 5) is 14.3. The monoisotopic (exact) mass is 281 g/mol. The molecule has 2 N–H and O–H groups in total. The lowest BCUT2D eigenvalue weighted by atomic mass is 10.1. The summed E-state index contributed by atoms with van der Waals surface area (Å²) >= 11 is 0. The average molecular weight is 281 g/mol. The quantitative estimate of drug-likeness (QED) is 0.780. The van der Waals surface area contributed by atoms with Crippen LogP contribution >= 0.6 is 0 Å². The molecule has 0 spiro atoms. The number of nitrogen functional groups attached to an aromatic ring is 1. The number of benzene rings is 1. The molecule has 0 fully saturated rings. The van der Waals surface area contributed by atoms with E-state index in [1.165, 1.54) is 0 Å². The van der Waals surface area contributed by atoms with Gasteiger partial charge in [0.25, 0.3) is 5.95 Å². The van der Waals surface area contributed by atoms with Gasteiger partial charge in [-0.15, -0.1) is 0 Å². The van der Waals surface area contributed by atoms with Crippen LogP contribution in [0.2, 0.25) is 0 Å². The third-order valence-corrected chi connectivity index (χ3v) is 2.92. The van der Waals surface area contributed by atoms with E-state index in [4.69, 9.17) is 5.73 Å². The highest BCUT2D eigenvalue weighted by molar-refractivity contribution is 5.61. The summed E-state index contributed by atoms with van der Waals surface area (Å²) in [5.74, 6) is 1.06. The Bertz CT molecular complexity index is 749. The Morgan fingerprint density at radius 1 is 1.00 bits per heavy atom. The Morgan fingerprint density at radius 3 is 2.48 bits per heavy atom. The standard InChI is InChI=1S/C14H15N7/c1-20(2)13-17-12(15)18-14(19-13)21-9-11(8-16-21)10-6-4-3-5-7-10/h3-9H,1-2H3,(H2,15,17,18,19). The van der Waals surface area contributed by atoms with Crippen LogP contribution in [0, 0.1) is 0 Å². The molecule has 7 heteroatoms. The highest BCUT2D eigenvalue weighted by atomic mass is 15.4. The van der Waals surface area contributed by atoms with E-state index >= 15 is 0 Å². The van der Waals surface area contributed by atoms with Crippen molar-refractivity contribution in [2.24, 2.45) is 0 Å². The average Bonchev–Trinajstić information content (AvgIpc) is 2.97. The maximum atomic E-state index is 5.72. The van der Waals surface area contributed by atoms with Gasteiger partial charge in [0.2, 0.25) is 11.9 Å². The first kappa shape index (κ1) is 13.0. The molecule has 0 saturated carbocycles. The number of rotatable bonds is 3. The van der Waals surface area contributed by atoms with E-state index < -0.39 is 0 Å². The molecular weight excluding hydrogens is 266 g/mol. The molecule has 0 aliphatic heterocycles. The van der Waals surface area contributed by atoms with Gasteiger partial charge in [0.05, 0.1) is 6.20 Å². The van der Waals surface area contributed by atoms with Gasteiger partial charge in [-0.05, 0) is 5.56 Å². The van der Waals surface area contributed by atoms with Gasteiger partial charge in [0.15, 0.2) is 0 Å². The number of anilines is 2. The van der Waals surface area contributed by atoms with E-state index in [0.717, 1.165) is 11.1 Å². The molecule has 0 atom stereocenters. The molecule has 0 aliphatic rings. The zero-order valence-corrected chi connectivity index (χ0v) is 11.8. The van der Waals surface area contributed by atoms with Crippen molar-refractivity contribution in [2.75, 3.05) is 24.7 Å². The van der Waals surface area contributed by atoms with Gasteiger partial charge in [-0.2, -0.15) is 20.1 Å². The van der Waals surface area contributed by atoms with Crippen LogP contribution in [0.4, 0.5) is 11.9 Å². The SMILES string of the molecule is CN(C)c1nc(N)nc(-n2cc(-c3ccccc3)cn2)n1. The van der Waals surface area contributed by atoms with E-state index in [1.807, 2.05) is 50.6 Å². The van der Waals surface area contributed by atoms with Crippen molar-refractivity contribution in [3.05, 3.63) is 42.7 Å². The van der Waals surface area contributed by atoms with E-state index in [2.05, 4.69) is 20.1 Å². The zero-order valence-electron chi connectivity index (χ0n) is 11.8. The van der Waals surface area contributed by atoms with Crippen LogP contribution < -0.4 is 10.6 Å². The van der Waals surface area contributed by atoms with Crippen LogP contribution in [0.3, 0.4) is 0 Å². The second kappa shape index (κ2) is 5.20. The Morgan fingerprint density at radius 2 is 1.76 bits per heavy atom. The Labute approximate surface area is 122 Å². The maximum absolute atomic E-state index is 5.72. The topological polar surface area (TPSA) is 85.8 Å². The fourth-order valence-corrected chi connectivity index (χ4v) is 1.88. The van der Waals surface area contributed by atoms with Crippen LogP contribution in [0.25, 0.3) is 17.1 Å². The van der Waals surface area contributed by atoms with E-state index in [9.17, 15) is 0 Å². The lowest BCUT2D eigenvalue weighted by Gasteiger charge is -2.10. The van der Waals surface area contributed by atoms with Crippen molar-refractivity contribution < 1.29 is 0 Å². The molecule has 0 aliphatic carbocycles. The first-order valence-corrected chi connectivity index (χ1v) is 6.43. The van der Waals surface area contributed by atoms with Crippen LogP contribution in [0.5, 0.6) is 0 Å². The van der Waals surface area contributed by atoms with Crippen molar-refractivity contribution in [3.8, 4) is 17.1 Å². The van der Waals surface area contributed by atoms with Gasteiger partial charge < -0.3 is 10.6 Å². The molecule has 0 unspecified atom stereocenters. The molecule has 7 nitrogen and oxygen atoms in total. The second-order valence-electron chi connectivity index (χ2n) is 4.73. The van der Waals surface area contributed by atoms with E-state index in [0.29, 0.717) is 11.9 Å². The van der Waals surface area contributed by atoms with Crippen LogP contribution in [-0.2, 0) is 0 Å². The molecule has 0 radical (unpaired) electrons. The van der Waals surface area contributed by atoms with Gasteiger partial charge in [-0.3, -0.25) is 0 Å². The van der Waals surface area contributed by atoms with Gasteiger partial charge in [0.1, 0.15) is 0 Å². The molecule has 0 bridgehead atoms. The lowest BCUT2D eigenvalue weighted by molar-refractivity contribution is 0.792. The number of nitrogens with two attached hydrogens (primary N) is 1. The lowest BCUT2D eigenvalue weighted by Crippen LogP contribution is -2.16. The van der Waals surface area contributed by atoms with Crippen molar-refractivity contribution in [1.29, 1.82) is 0 Å². The largest absolute Gasteiger partial charge is 0.368 e. The highest BCUT2D eigenvalue weighted by Crippen LogP contribution is 2.19. The van der Waals surface area contributed by atoms with Crippen LogP contribution in [0.15, 0.2) is 42.7 Å². The minimum absolute atomic E-state index is 0.167. The Kier molecular flexibility index (Phi) is 3.23. The minimum atomic E-state index is 0.167. The van der Waals surface area contributed by atoms with Gasteiger partial charge in [0, 0.05) is 25.9 Å². The maximum Gasteiger partial charge on any atom is 0.257 e. The van der Waals surface area contributed by atoms with Crippen molar-refractivity contribution in [3.63, 3.8) is 0 Å². The first-order valence-electron chi connectivity index (χ1n) is 6.43. The Hall–Kier alpha value is -2.96. The van der Waals surface area contributed by atoms with E-state index in [1.54, 1.807) is 15.8 Å². The van der Waals surface area contributed by atoms with Crippen molar-refractivity contribution >= 4 is 11.9 Å². The summed E-state index contributed by atoms with van der Waals surface area (Å²) in [6.45, 7) is 0. The number of aromatic nitrogens is 5. The van der Waals surface area contributed by atoms with Gasteiger partial charge >= 0.3 is 0 Å². The van der Waals surface area contributed by atoms with Gasteiger partial charge in [-0.25, -0.2) is 4.68 Å². The summed E-state index contributed by atoms with van der Waals surface area (Å²) in [6.07, 6.45) is 3.63. The minimum Gasteiger partial charge on any atom is -0.368 e. The van der Waals surface area contributed by atoms with Crippen LogP contribution in [0.1, 0.15) is 0 Å². The summed E-state index contributed by atoms with van der Waals surface area (Å²) in [7, 11) is 3.69. The third kappa shape index (κ3) is 2.66. The molecule has 0 amide bonds. The third-order valence-electron chi connectivity index (χ3n) is 2.92. The van der Waals surface area contributed by atoms with E-state index in [-0.39, 0.29) is 5.95 Å². The Balaban J connectivity index is 2.00. The highest BCUT2D eigenvalue weighted by Gasteiger charge is 2.10. The molecule has 2 heterocycles. The van der Waals surface area contributed by atoms with Crippen LogP contribution in [-0.4, -0.2) is 38.8 Å². The molecule has 21 heavy (non-hydrogen) atoms.